The molecule has 0 aliphatic heterocycles. The molecule has 0 radical (unpaired) electrons. The summed E-state index contributed by atoms with van der Waals surface area (Å²) in [6.07, 6.45) is 0. The number of nitrogens with zero attached hydrogens (tertiary/aromatic N) is 1. The van der Waals surface area contributed by atoms with Crippen LogP contribution in [0.1, 0.15) is 49.9 Å². The third kappa shape index (κ3) is 3.71. The molecule has 208 valence electrons. The first-order valence-electron chi connectivity index (χ1n) is 15.3. The Hall–Kier alpha value is -4.88. The Morgan fingerprint density at radius 3 is 1.44 bits per heavy atom. The maximum atomic E-state index is 2.55. The first kappa shape index (κ1) is 25.8. The van der Waals surface area contributed by atoms with Crippen LogP contribution in [0.3, 0.4) is 0 Å². The lowest BCUT2D eigenvalue weighted by atomic mass is 9.75. The van der Waals surface area contributed by atoms with Crippen molar-refractivity contribution in [2.24, 2.45) is 0 Å². The lowest BCUT2D eigenvalue weighted by Gasteiger charge is -2.37. The molecule has 0 heterocycles. The first-order valence-corrected chi connectivity index (χ1v) is 15.3. The third-order valence-electron chi connectivity index (χ3n) is 9.78. The monoisotopic (exact) mass is 553 g/mol. The molecule has 0 fully saturated rings. The number of hydrogen-bond donors (Lipinski definition) is 0. The third-order valence-corrected chi connectivity index (χ3v) is 9.78. The van der Waals surface area contributed by atoms with Gasteiger partial charge in [0.05, 0.1) is 5.69 Å². The van der Waals surface area contributed by atoms with Crippen LogP contribution < -0.4 is 4.90 Å². The molecule has 2 aliphatic carbocycles. The van der Waals surface area contributed by atoms with Crippen molar-refractivity contribution in [1.29, 1.82) is 0 Å². The zero-order valence-electron chi connectivity index (χ0n) is 25.2. The Balaban J connectivity index is 1.51. The summed E-state index contributed by atoms with van der Waals surface area (Å²) < 4.78 is 0. The Labute approximate surface area is 255 Å². The fourth-order valence-electron chi connectivity index (χ4n) is 7.82. The Kier molecular flexibility index (Phi) is 5.59. The van der Waals surface area contributed by atoms with Crippen LogP contribution in [-0.2, 0) is 10.8 Å². The van der Waals surface area contributed by atoms with Gasteiger partial charge in [0.1, 0.15) is 0 Å². The first-order chi connectivity index (χ1) is 20.9. The highest BCUT2D eigenvalue weighted by molar-refractivity contribution is 6.00. The van der Waals surface area contributed by atoms with Crippen molar-refractivity contribution in [1.82, 2.24) is 0 Å². The van der Waals surface area contributed by atoms with Crippen molar-refractivity contribution in [3.63, 3.8) is 0 Å². The maximum Gasteiger partial charge on any atom is 0.0555 e. The van der Waals surface area contributed by atoms with Gasteiger partial charge < -0.3 is 4.90 Å². The van der Waals surface area contributed by atoms with Crippen molar-refractivity contribution in [2.75, 3.05) is 4.90 Å². The molecule has 0 atom stereocenters. The average molecular weight is 554 g/mol. The largest absolute Gasteiger partial charge is 0.310 e. The number of anilines is 3. The smallest absolute Gasteiger partial charge is 0.0555 e. The van der Waals surface area contributed by atoms with E-state index in [1.54, 1.807) is 0 Å². The molecule has 1 heteroatoms. The molecule has 6 aromatic rings. The second kappa shape index (κ2) is 9.31. The molecule has 0 saturated heterocycles. The Morgan fingerprint density at radius 2 is 0.860 bits per heavy atom. The molecular weight excluding hydrogens is 518 g/mol. The number of fused-ring (bicyclic) bond motifs is 6. The molecule has 6 aromatic carbocycles. The number of rotatable bonds is 4. The zero-order chi connectivity index (χ0) is 29.3. The summed E-state index contributed by atoms with van der Waals surface area (Å²) in [5, 5.41) is 0. The minimum absolute atomic E-state index is 0.175. The molecular formula is C42H35N. The Morgan fingerprint density at radius 1 is 0.395 bits per heavy atom. The van der Waals surface area contributed by atoms with Crippen molar-refractivity contribution in [2.45, 2.75) is 38.5 Å². The summed E-state index contributed by atoms with van der Waals surface area (Å²) >= 11 is 0. The van der Waals surface area contributed by atoms with Gasteiger partial charge in [-0.05, 0) is 86.0 Å². The zero-order valence-corrected chi connectivity index (χ0v) is 25.2. The van der Waals surface area contributed by atoms with Gasteiger partial charge in [0.25, 0.3) is 0 Å². The lowest BCUT2D eigenvalue weighted by molar-refractivity contribution is 0.640. The molecule has 43 heavy (non-hydrogen) atoms. The van der Waals surface area contributed by atoms with E-state index in [9.17, 15) is 0 Å². The van der Waals surface area contributed by atoms with Crippen molar-refractivity contribution in [3.05, 3.63) is 162 Å². The van der Waals surface area contributed by atoms with E-state index in [2.05, 4.69) is 172 Å². The van der Waals surface area contributed by atoms with E-state index in [-0.39, 0.29) is 10.8 Å². The van der Waals surface area contributed by atoms with Crippen molar-refractivity contribution >= 4 is 17.1 Å². The van der Waals surface area contributed by atoms with Gasteiger partial charge in [-0.2, -0.15) is 0 Å². The van der Waals surface area contributed by atoms with E-state index < -0.39 is 0 Å². The van der Waals surface area contributed by atoms with E-state index in [1.807, 2.05) is 0 Å². The molecule has 0 spiro atoms. The molecule has 0 amide bonds. The van der Waals surface area contributed by atoms with Crippen LogP contribution in [0.2, 0.25) is 0 Å². The highest BCUT2D eigenvalue weighted by atomic mass is 15.2. The molecule has 0 N–H and O–H groups in total. The highest BCUT2D eigenvalue weighted by Gasteiger charge is 2.46. The van der Waals surface area contributed by atoms with Crippen LogP contribution in [0.25, 0.3) is 33.4 Å². The second-order valence-corrected chi connectivity index (χ2v) is 13.0. The van der Waals surface area contributed by atoms with E-state index in [0.29, 0.717) is 0 Å². The molecule has 2 aliphatic rings. The predicted molar refractivity (Wildman–Crippen MR) is 182 cm³/mol. The van der Waals surface area contributed by atoms with Crippen LogP contribution in [0, 0.1) is 0 Å². The van der Waals surface area contributed by atoms with Gasteiger partial charge in [-0.3, -0.25) is 0 Å². The van der Waals surface area contributed by atoms with Crippen molar-refractivity contribution in [3.8, 4) is 33.4 Å². The fraction of sp³-hybridized carbons (Fsp3) is 0.143. The SMILES string of the molecule is CC1(C)c2ccccc2-c2cc3c(c(N(c4ccccc4)c4cccc(-c5ccccc5)c4)c21)C(C)(C)c1ccccc1-3. The normalized spacial score (nSPS) is 14.9. The minimum atomic E-state index is -0.175. The Bertz CT molecular complexity index is 1930. The van der Waals surface area contributed by atoms with Gasteiger partial charge in [-0.25, -0.2) is 0 Å². The van der Waals surface area contributed by atoms with E-state index in [1.165, 1.54) is 72.7 Å². The van der Waals surface area contributed by atoms with Gasteiger partial charge in [-0.15, -0.1) is 0 Å². The van der Waals surface area contributed by atoms with Gasteiger partial charge in [0.15, 0.2) is 0 Å². The summed E-state index contributed by atoms with van der Waals surface area (Å²) in [6.45, 7) is 9.64. The lowest BCUT2D eigenvalue weighted by Crippen LogP contribution is -2.26. The fourth-order valence-corrected chi connectivity index (χ4v) is 7.82. The average Bonchev–Trinajstić information content (AvgIpc) is 3.42. The molecule has 0 saturated carbocycles. The minimum Gasteiger partial charge on any atom is -0.310 e. The van der Waals surface area contributed by atoms with Crippen LogP contribution in [-0.4, -0.2) is 0 Å². The highest BCUT2D eigenvalue weighted by Crippen LogP contribution is 2.62. The summed E-state index contributed by atoms with van der Waals surface area (Å²) in [7, 11) is 0. The van der Waals surface area contributed by atoms with Gasteiger partial charge in [0.2, 0.25) is 0 Å². The van der Waals surface area contributed by atoms with Gasteiger partial charge >= 0.3 is 0 Å². The molecule has 0 unspecified atom stereocenters. The number of para-hydroxylation sites is 1. The van der Waals surface area contributed by atoms with Crippen LogP contribution in [0.5, 0.6) is 0 Å². The quantitative estimate of drug-likeness (QED) is 0.210. The van der Waals surface area contributed by atoms with E-state index in [4.69, 9.17) is 0 Å². The summed E-state index contributed by atoms with van der Waals surface area (Å²) in [5.41, 5.74) is 16.7. The van der Waals surface area contributed by atoms with Crippen LogP contribution in [0.4, 0.5) is 17.1 Å². The number of benzene rings is 6. The van der Waals surface area contributed by atoms with E-state index >= 15 is 0 Å². The number of hydrogen-bond acceptors (Lipinski definition) is 1. The van der Waals surface area contributed by atoms with Crippen molar-refractivity contribution < 1.29 is 0 Å². The standard InChI is InChI=1S/C42H35N/c1-41(2)36-24-13-11-22-32(36)34-27-35-33-23-12-14-25-37(33)42(3,4)39(35)40(38(34)41)43(30-19-9-6-10-20-30)31-21-15-18-29(26-31)28-16-7-5-8-17-28/h5-27H,1-4H3. The summed E-state index contributed by atoms with van der Waals surface area (Å²) in [5.74, 6) is 0. The summed E-state index contributed by atoms with van der Waals surface area (Å²) in [4.78, 5) is 2.55. The molecule has 8 rings (SSSR count). The van der Waals surface area contributed by atoms with Gasteiger partial charge in [0, 0.05) is 22.2 Å². The predicted octanol–water partition coefficient (Wildman–Crippen LogP) is 11.4. The van der Waals surface area contributed by atoms with E-state index in [0.717, 1.165) is 0 Å². The molecule has 1 nitrogen and oxygen atoms in total. The molecule has 0 aromatic heterocycles. The van der Waals surface area contributed by atoms with Crippen LogP contribution >= 0.6 is 0 Å². The van der Waals surface area contributed by atoms with Gasteiger partial charge in [-0.1, -0.05) is 137 Å². The van der Waals surface area contributed by atoms with Crippen LogP contribution in [0.15, 0.2) is 140 Å². The second-order valence-electron chi connectivity index (χ2n) is 13.0. The topological polar surface area (TPSA) is 3.24 Å². The maximum absolute atomic E-state index is 2.55. The molecule has 0 bridgehead atoms. The summed E-state index contributed by atoms with van der Waals surface area (Å²) in [6, 6.07) is 51.3.